The summed E-state index contributed by atoms with van der Waals surface area (Å²) in [6.45, 7) is 1.39. The van der Waals surface area contributed by atoms with Gasteiger partial charge in [0, 0.05) is 17.8 Å². The number of rotatable bonds is 5. The lowest BCUT2D eigenvalue weighted by Gasteiger charge is -2.14. The number of hydrogen-bond donors (Lipinski definition) is 1. The number of ether oxygens (including phenoxy) is 1. The Kier molecular flexibility index (Phi) is 5.49. The third kappa shape index (κ3) is 4.30. The summed E-state index contributed by atoms with van der Waals surface area (Å²) in [5, 5.41) is 13.4. The quantitative estimate of drug-likeness (QED) is 0.507. The Bertz CT molecular complexity index is 779. The van der Waals surface area contributed by atoms with Crippen LogP contribution in [0.3, 0.4) is 0 Å². The van der Waals surface area contributed by atoms with Crippen molar-refractivity contribution in [3.63, 3.8) is 0 Å². The third-order valence-electron chi connectivity index (χ3n) is 3.08. The Balaban J connectivity index is 2.07. The van der Waals surface area contributed by atoms with Gasteiger partial charge in [-0.1, -0.05) is 29.8 Å². The van der Waals surface area contributed by atoms with E-state index in [1.165, 1.54) is 19.1 Å². The summed E-state index contributed by atoms with van der Waals surface area (Å²) in [4.78, 5) is 34.2. The number of non-ortho nitro benzene ring substituents is 1. The van der Waals surface area contributed by atoms with E-state index < -0.39 is 22.9 Å². The van der Waals surface area contributed by atoms with E-state index in [-0.39, 0.29) is 16.3 Å². The maximum Gasteiger partial charge on any atom is 0.340 e. The van der Waals surface area contributed by atoms with Gasteiger partial charge in [-0.05, 0) is 25.1 Å². The molecule has 0 bridgehead atoms. The topological polar surface area (TPSA) is 98.5 Å². The van der Waals surface area contributed by atoms with Crippen LogP contribution in [0.15, 0.2) is 48.5 Å². The molecule has 1 amide bonds. The molecule has 0 heterocycles. The Hall–Kier alpha value is -2.93. The molecule has 0 fully saturated rings. The highest BCUT2D eigenvalue weighted by Gasteiger charge is 2.22. The average molecular weight is 349 g/mol. The number of nitro groups is 1. The van der Waals surface area contributed by atoms with Gasteiger partial charge in [-0.15, -0.1) is 0 Å². The van der Waals surface area contributed by atoms with Crippen molar-refractivity contribution in [3.8, 4) is 0 Å². The number of benzene rings is 2. The van der Waals surface area contributed by atoms with Crippen molar-refractivity contribution in [2.24, 2.45) is 0 Å². The molecule has 0 aromatic heterocycles. The van der Waals surface area contributed by atoms with Gasteiger partial charge in [-0.2, -0.15) is 0 Å². The number of nitro benzene ring substituents is 1. The highest BCUT2D eigenvalue weighted by molar-refractivity contribution is 6.33. The van der Waals surface area contributed by atoms with Crippen LogP contribution >= 0.6 is 11.6 Å². The van der Waals surface area contributed by atoms with E-state index in [0.29, 0.717) is 5.69 Å². The minimum atomic E-state index is -1.10. The number of hydrogen-bond acceptors (Lipinski definition) is 5. The number of anilines is 1. The second kappa shape index (κ2) is 7.56. The highest BCUT2D eigenvalue weighted by atomic mass is 35.5. The fourth-order valence-corrected chi connectivity index (χ4v) is 2.02. The van der Waals surface area contributed by atoms with Crippen LogP contribution in [0.5, 0.6) is 0 Å². The molecule has 2 aromatic rings. The maximum atomic E-state index is 12.1. The first kappa shape index (κ1) is 17.4. The van der Waals surface area contributed by atoms with E-state index >= 15 is 0 Å². The molecule has 0 unspecified atom stereocenters. The molecule has 0 aliphatic heterocycles. The van der Waals surface area contributed by atoms with Gasteiger partial charge in [0.2, 0.25) is 0 Å². The predicted octanol–water partition coefficient (Wildman–Crippen LogP) is 3.43. The van der Waals surface area contributed by atoms with Crippen molar-refractivity contribution < 1.29 is 19.2 Å². The number of nitrogens with one attached hydrogen (secondary N) is 1. The normalized spacial score (nSPS) is 11.4. The summed E-state index contributed by atoms with van der Waals surface area (Å²) in [5.74, 6) is -1.45. The number of halogens is 1. The molecule has 24 heavy (non-hydrogen) atoms. The summed E-state index contributed by atoms with van der Waals surface area (Å²) >= 11 is 5.86. The summed E-state index contributed by atoms with van der Waals surface area (Å²) in [6, 6.07) is 12.1. The van der Waals surface area contributed by atoms with E-state index in [9.17, 15) is 19.7 Å². The van der Waals surface area contributed by atoms with Crippen molar-refractivity contribution >= 4 is 34.9 Å². The van der Waals surface area contributed by atoms with Crippen LogP contribution in [0, 0.1) is 10.1 Å². The van der Waals surface area contributed by atoms with Gasteiger partial charge >= 0.3 is 5.97 Å². The predicted molar refractivity (Wildman–Crippen MR) is 88.1 cm³/mol. The molecule has 0 saturated carbocycles. The molecule has 2 rings (SSSR count). The van der Waals surface area contributed by atoms with E-state index in [2.05, 4.69) is 5.32 Å². The van der Waals surface area contributed by atoms with Crippen molar-refractivity contribution in [3.05, 3.63) is 69.2 Å². The Morgan fingerprint density at radius 3 is 2.50 bits per heavy atom. The number of carbonyl (C=O) groups excluding carboxylic acids is 2. The molecule has 8 heteroatoms. The van der Waals surface area contributed by atoms with E-state index in [0.717, 1.165) is 6.07 Å². The minimum absolute atomic E-state index is 0.00117. The standard InChI is InChI=1S/C16H13ClN2O5/c1-10(15(20)18-11-5-3-2-4-6-11)24-16(21)13-9-12(19(22)23)7-8-14(13)17/h2-10H,1H3,(H,18,20)/t10-/m0/s1. The molecule has 1 atom stereocenters. The summed E-state index contributed by atoms with van der Waals surface area (Å²) in [5.41, 5.74) is 0.0803. The summed E-state index contributed by atoms with van der Waals surface area (Å²) in [7, 11) is 0. The fraction of sp³-hybridized carbons (Fsp3) is 0.125. The molecule has 7 nitrogen and oxygen atoms in total. The molecule has 124 valence electrons. The zero-order valence-electron chi connectivity index (χ0n) is 12.6. The number of para-hydroxylation sites is 1. The summed E-state index contributed by atoms with van der Waals surface area (Å²) in [6.07, 6.45) is -1.10. The zero-order chi connectivity index (χ0) is 17.7. The smallest absolute Gasteiger partial charge is 0.340 e. The van der Waals surface area contributed by atoms with E-state index in [1.807, 2.05) is 0 Å². The number of amides is 1. The molecule has 0 spiro atoms. The second-order valence-corrected chi connectivity index (χ2v) is 5.23. The van der Waals surface area contributed by atoms with Crippen LogP contribution in [-0.2, 0) is 9.53 Å². The lowest BCUT2D eigenvalue weighted by Crippen LogP contribution is -2.30. The Morgan fingerprint density at radius 2 is 1.88 bits per heavy atom. The lowest BCUT2D eigenvalue weighted by molar-refractivity contribution is -0.384. The molecule has 0 radical (unpaired) electrons. The van der Waals surface area contributed by atoms with Gasteiger partial charge < -0.3 is 10.1 Å². The summed E-state index contributed by atoms with van der Waals surface area (Å²) < 4.78 is 5.03. The molecular weight excluding hydrogens is 336 g/mol. The van der Waals surface area contributed by atoms with Crippen LogP contribution in [0.2, 0.25) is 5.02 Å². The average Bonchev–Trinajstić information content (AvgIpc) is 2.55. The van der Waals surface area contributed by atoms with Gasteiger partial charge in [0.15, 0.2) is 6.10 Å². The molecule has 1 N–H and O–H groups in total. The van der Waals surface area contributed by atoms with Crippen molar-refractivity contribution in [2.75, 3.05) is 5.32 Å². The molecule has 0 aliphatic rings. The van der Waals surface area contributed by atoms with Crippen LogP contribution < -0.4 is 5.32 Å². The highest BCUT2D eigenvalue weighted by Crippen LogP contribution is 2.23. The lowest BCUT2D eigenvalue weighted by atomic mass is 10.2. The number of esters is 1. The van der Waals surface area contributed by atoms with E-state index in [1.54, 1.807) is 30.3 Å². The maximum absolute atomic E-state index is 12.1. The van der Waals surface area contributed by atoms with E-state index in [4.69, 9.17) is 16.3 Å². The fourth-order valence-electron chi connectivity index (χ4n) is 1.83. The first-order valence-electron chi connectivity index (χ1n) is 6.89. The molecule has 0 aliphatic carbocycles. The SMILES string of the molecule is C[C@H](OC(=O)c1cc([N+](=O)[O-])ccc1Cl)C(=O)Nc1ccccc1. The Labute approximate surface area is 142 Å². The largest absolute Gasteiger partial charge is 0.449 e. The van der Waals surface area contributed by atoms with Gasteiger partial charge in [0.1, 0.15) is 0 Å². The molecule has 0 saturated heterocycles. The van der Waals surface area contributed by atoms with Crippen molar-refractivity contribution in [1.82, 2.24) is 0 Å². The third-order valence-corrected chi connectivity index (χ3v) is 3.40. The minimum Gasteiger partial charge on any atom is -0.449 e. The number of nitrogens with zero attached hydrogens (tertiary/aromatic N) is 1. The zero-order valence-corrected chi connectivity index (χ0v) is 13.3. The van der Waals surface area contributed by atoms with Gasteiger partial charge in [0.25, 0.3) is 11.6 Å². The molecule has 2 aromatic carbocycles. The van der Waals surface area contributed by atoms with Crippen LogP contribution in [0.1, 0.15) is 17.3 Å². The first-order valence-corrected chi connectivity index (χ1v) is 7.27. The second-order valence-electron chi connectivity index (χ2n) is 4.82. The van der Waals surface area contributed by atoms with Crippen LogP contribution in [0.25, 0.3) is 0 Å². The number of carbonyl (C=O) groups is 2. The Morgan fingerprint density at radius 1 is 1.21 bits per heavy atom. The first-order chi connectivity index (χ1) is 11.4. The molecular formula is C16H13ClN2O5. The van der Waals surface area contributed by atoms with Crippen LogP contribution in [0.4, 0.5) is 11.4 Å². The van der Waals surface area contributed by atoms with Crippen molar-refractivity contribution in [2.45, 2.75) is 13.0 Å². The monoisotopic (exact) mass is 348 g/mol. The van der Waals surface area contributed by atoms with Gasteiger partial charge in [0.05, 0.1) is 15.5 Å². The van der Waals surface area contributed by atoms with Crippen LogP contribution in [-0.4, -0.2) is 22.9 Å². The van der Waals surface area contributed by atoms with Gasteiger partial charge in [-0.25, -0.2) is 4.79 Å². The van der Waals surface area contributed by atoms with Gasteiger partial charge in [-0.3, -0.25) is 14.9 Å². The van der Waals surface area contributed by atoms with Crippen molar-refractivity contribution in [1.29, 1.82) is 0 Å².